The van der Waals surface area contributed by atoms with Gasteiger partial charge in [0.25, 0.3) is 5.91 Å². The smallest absolute Gasteiger partial charge is 0.387 e. The Hall–Kier alpha value is -2.31. The van der Waals surface area contributed by atoms with Gasteiger partial charge in [0.2, 0.25) is 0 Å². The van der Waals surface area contributed by atoms with E-state index in [1.54, 1.807) is 5.38 Å². The average molecular weight is 456 g/mol. The number of carbonyl (C=O) groups excluding carboxylic acids is 1. The van der Waals surface area contributed by atoms with Crippen molar-refractivity contribution in [2.75, 3.05) is 17.7 Å². The van der Waals surface area contributed by atoms with Crippen LogP contribution in [0.1, 0.15) is 28.8 Å². The van der Waals surface area contributed by atoms with Gasteiger partial charge < -0.3 is 20.5 Å². The SMILES string of the molecule is C[C@H]1CC2CSC(N)=N[C@@]2(c2nc(NC(=O)c3ccc(OC(F)F)cn3)cs2)CO1. The number of alkyl halides is 2. The Morgan fingerprint density at radius 1 is 1.47 bits per heavy atom. The van der Waals surface area contributed by atoms with Crippen LogP contribution in [0, 0.1) is 5.92 Å². The van der Waals surface area contributed by atoms with Crippen molar-refractivity contribution < 1.29 is 23.0 Å². The number of ether oxygens (including phenoxy) is 2. The summed E-state index contributed by atoms with van der Waals surface area (Å²) in [5.74, 6) is 0.784. The third-order valence-corrected chi connectivity index (χ3v) is 6.90. The third kappa shape index (κ3) is 4.25. The fraction of sp³-hybridized carbons (Fsp3) is 0.444. The van der Waals surface area contributed by atoms with E-state index in [1.165, 1.54) is 35.2 Å². The van der Waals surface area contributed by atoms with Crippen LogP contribution in [-0.2, 0) is 10.3 Å². The lowest BCUT2D eigenvalue weighted by Crippen LogP contribution is -2.49. The molecule has 0 bridgehead atoms. The van der Waals surface area contributed by atoms with E-state index in [0.29, 0.717) is 17.6 Å². The zero-order valence-corrected chi connectivity index (χ0v) is 17.5. The Morgan fingerprint density at radius 2 is 2.30 bits per heavy atom. The number of hydrogen-bond acceptors (Lipinski definition) is 9. The number of carbonyl (C=O) groups is 1. The number of rotatable bonds is 5. The van der Waals surface area contributed by atoms with E-state index in [4.69, 9.17) is 15.5 Å². The maximum Gasteiger partial charge on any atom is 0.387 e. The van der Waals surface area contributed by atoms with Crippen LogP contribution in [0.15, 0.2) is 28.7 Å². The van der Waals surface area contributed by atoms with E-state index in [1.807, 2.05) is 6.92 Å². The van der Waals surface area contributed by atoms with Crippen LogP contribution in [0.2, 0.25) is 0 Å². The van der Waals surface area contributed by atoms with Gasteiger partial charge in [-0.1, -0.05) is 11.8 Å². The molecule has 2 aromatic heterocycles. The predicted molar refractivity (Wildman–Crippen MR) is 110 cm³/mol. The highest BCUT2D eigenvalue weighted by atomic mass is 32.2. The van der Waals surface area contributed by atoms with Crippen molar-refractivity contribution in [1.82, 2.24) is 9.97 Å². The van der Waals surface area contributed by atoms with Gasteiger partial charge in [0.1, 0.15) is 27.8 Å². The van der Waals surface area contributed by atoms with Crippen LogP contribution in [0.25, 0.3) is 0 Å². The first-order valence-electron chi connectivity index (χ1n) is 9.13. The van der Waals surface area contributed by atoms with Crippen LogP contribution in [0.4, 0.5) is 14.6 Å². The number of fused-ring (bicyclic) bond motifs is 1. The summed E-state index contributed by atoms with van der Waals surface area (Å²) in [5, 5.41) is 5.62. The number of amides is 1. The van der Waals surface area contributed by atoms with Gasteiger partial charge in [-0.15, -0.1) is 11.3 Å². The minimum atomic E-state index is -2.95. The van der Waals surface area contributed by atoms with Crippen molar-refractivity contribution in [3.63, 3.8) is 0 Å². The molecule has 3 N–H and O–H groups in total. The molecule has 8 nitrogen and oxygen atoms in total. The number of nitrogens with zero attached hydrogens (tertiary/aromatic N) is 3. The van der Waals surface area contributed by atoms with Crippen molar-refractivity contribution in [1.29, 1.82) is 0 Å². The van der Waals surface area contributed by atoms with Crippen LogP contribution in [0.3, 0.4) is 0 Å². The quantitative estimate of drug-likeness (QED) is 0.713. The largest absolute Gasteiger partial charge is 0.433 e. The molecule has 2 aliphatic rings. The van der Waals surface area contributed by atoms with Gasteiger partial charge in [-0.25, -0.2) is 15.0 Å². The summed E-state index contributed by atoms with van der Waals surface area (Å²) < 4.78 is 34.6. The van der Waals surface area contributed by atoms with Gasteiger partial charge >= 0.3 is 6.61 Å². The second-order valence-electron chi connectivity index (χ2n) is 6.99. The maximum absolute atomic E-state index is 12.4. The summed E-state index contributed by atoms with van der Waals surface area (Å²) in [5.41, 5.74) is 5.40. The fourth-order valence-electron chi connectivity index (χ4n) is 3.48. The summed E-state index contributed by atoms with van der Waals surface area (Å²) in [6, 6.07) is 2.55. The number of aliphatic imine (C=N–C) groups is 1. The monoisotopic (exact) mass is 455 g/mol. The number of amidine groups is 1. The van der Waals surface area contributed by atoms with Gasteiger partial charge in [-0.05, 0) is 25.5 Å². The molecule has 30 heavy (non-hydrogen) atoms. The molecule has 1 fully saturated rings. The van der Waals surface area contributed by atoms with E-state index in [2.05, 4.69) is 20.0 Å². The number of pyridine rings is 1. The lowest BCUT2D eigenvalue weighted by atomic mass is 9.80. The molecule has 12 heteroatoms. The molecule has 4 rings (SSSR count). The second-order valence-corrected chi connectivity index (χ2v) is 8.89. The number of anilines is 1. The molecular weight excluding hydrogens is 436 g/mol. The number of thiazole rings is 1. The zero-order valence-electron chi connectivity index (χ0n) is 15.9. The molecular formula is C18H19F2N5O3S2. The van der Waals surface area contributed by atoms with Crippen LogP contribution >= 0.6 is 23.1 Å². The molecule has 0 aromatic carbocycles. The van der Waals surface area contributed by atoms with E-state index in [0.717, 1.165) is 23.4 Å². The summed E-state index contributed by atoms with van der Waals surface area (Å²) in [6.07, 6.45) is 2.05. The first kappa shape index (κ1) is 20.9. The normalized spacial score (nSPS) is 26.1. The molecule has 0 aliphatic carbocycles. The fourth-order valence-corrected chi connectivity index (χ4v) is 5.45. The van der Waals surface area contributed by atoms with E-state index < -0.39 is 18.1 Å². The number of aromatic nitrogens is 2. The van der Waals surface area contributed by atoms with Crippen LogP contribution in [-0.4, -0.2) is 46.1 Å². The topological polar surface area (TPSA) is 112 Å². The Kier molecular flexibility index (Phi) is 5.89. The average Bonchev–Trinajstić information content (AvgIpc) is 3.17. The molecule has 2 aromatic rings. The van der Waals surface area contributed by atoms with Gasteiger partial charge in [0.15, 0.2) is 5.17 Å². The summed E-state index contributed by atoms with van der Waals surface area (Å²) in [7, 11) is 0. The van der Waals surface area contributed by atoms with Gasteiger partial charge in [-0.3, -0.25) is 4.79 Å². The molecule has 0 saturated carbocycles. The Bertz CT molecular complexity index is 956. The summed E-state index contributed by atoms with van der Waals surface area (Å²) in [4.78, 5) is 25.6. The van der Waals surface area contributed by atoms with Crippen LogP contribution in [0.5, 0.6) is 5.75 Å². The first-order chi connectivity index (χ1) is 14.4. The number of thioether (sulfide) groups is 1. The molecule has 2 aliphatic heterocycles. The van der Waals surface area contributed by atoms with Crippen molar-refractivity contribution in [2.24, 2.45) is 16.6 Å². The highest BCUT2D eigenvalue weighted by Gasteiger charge is 2.49. The molecule has 3 atom stereocenters. The highest BCUT2D eigenvalue weighted by molar-refractivity contribution is 8.13. The standard InChI is InChI=1S/C18H19F2N5O3S2/c1-9-4-10-6-30-17(21)25-18(10,8-27-9)15-24-13(7-29-15)23-14(26)12-3-2-11(5-22-12)28-16(19)20/h2-3,5,7,9-10,16H,4,6,8H2,1H3,(H2,21,25)(H,23,26)/t9-,10?,18-/m0/s1. The molecule has 0 radical (unpaired) electrons. The van der Waals surface area contributed by atoms with E-state index in [-0.39, 0.29) is 23.5 Å². The van der Waals surface area contributed by atoms with Gasteiger partial charge in [0.05, 0.1) is 18.9 Å². The number of halogens is 2. The van der Waals surface area contributed by atoms with Gasteiger partial charge in [0, 0.05) is 17.1 Å². The molecule has 0 spiro atoms. The molecule has 1 amide bonds. The summed E-state index contributed by atoms with van der Waals surface area (Å²) >= 11 is 2.91. The molecule has 1 unspecified atom stereocenters. The number of hydrogen-bond donors (Lipinski definition) is 2. The lowest BCUT2D eigenvalue weighted by molar-refractivity contribution is -0.0500. The van der Waals surface area contributed by atoms with Gasteiger partial charge in [-0.2, -0.15) is 8.78 Å². The van der Waals surface area contributed by atoms with Crippen molar-refractivity contribution in [2.45, 2.75) is 31.6 Å². The predicted octanol–water partition coefficient (Wildman–Crippen LogP) is 3.07. The Labute approximate surface area is 179 Å². The molecule has 4 heterocycles. The van der Waals surface area contributed by atoms with Crippen molar-refractivity contribution in [3.8, 4) is 5.75 Å². The van der Waals surface area contributed by atoms with Crippen molar-refractivity contribution >= 4 is 40.0 Å². The van der Waals surface area contributed by atoms with Crippen molar-refractivity contribution in [3.05, 3.63) is 34.4 Å². The van der Waals surface area contributed by atoms with E-state index in [9.17, 15) is 13.6 Å². The minimum Gasteiger partial charge on any atom is -0.433 e. The Balaban J connectivity index is 1.51. The van der Waals surface area contributed by atoms with E-state index >= 15 is 0 Å². The maximum atomic E-state index is 12.4. The Morgan fingerprint density at radius 3 is 3.03 bits per heavy atom. The highest BCUT2D eigenvalue weighted by Crippen LogP contribution is 2.47. The third-order valence-electron chi connectivity index (χ3n) is 4.93. The number of nitrogens with two attached hydrogens (primary N) is 1. The summed E-state index contributed by atoms with van der Waals surface area (Å²) in [6.45, 7) is -0.535. The first-order valence-corrected chi connectivity index (χ1v) is 11.0. The number of nitrogens with one attached hydrogen (secondary N) is 1. The zero-order chi connectivity index (χ0) is 21.3. The van der Waals surface area contributed by atoms with Crippen LogP contribution < -0.4 is 15.8 Å². The second kappa shape index (κ2) is 8.44. The lowest BCUT2D eigenvalue weighted by Gasteiger charge is -2.44. The molecule has 1 saturated heterocycles. The minimum absolute atomic E-state index is 0.0494. The molecule has 160 valence electrons.